The van der Waals surface area contributed by atoms with Gasteiger partial charge in [-0.15, -0.1) is 0 Å². The first-order valence-corrected chi connectivity index (χ1v) is 10.8. The molecule has 0 atom stereocenters. The number of anilines is 2. The molecule has 0 aliphatic heterocycles. The van der Waals surface area contributed by atoms with Crippen molar-refractivity contribution in [3.8, 4) is 0 Å². The summed E-state index contributed by atoms with van der Waals surface area (Å²) >= 11 is 0. The molecule has 146 valence electrons. The minimum absolute atomic E-state index is 0.112. The lowest BCUT2D eigenvalue weighted by atomic mass is 10.3. The standard InChI is InChI=1S/C17H15N3O6S2/c18-27(22,23)14-6-8-15(9-7-14)28(24,25)20-13-4-1-3-12(11-13)19-17(21)16-5-2-10-26-16/h1-11,20H,(H,19,21)(H2,18,22,23). The van der Waals surface area contributed by atoms with Crippen LogP contribution in [0.15, 0.2) is 81.1 Å². The number of hydrogen-bond acceptors (Lipinski definition) is 6. The SMILES string of the molecule is NS(=O)(=O)c1ccc(S(=O)(=O)Nc2cccc(NC(=O)c3ccco3)c2)cc1. The molecule has 1 aromatic heterocycles. The fourth-order valence-electron chi connectivity index (χ4n) is 2.28. The third kappa shape index (κ3) is 4.57. The van der Waals surface area contributed by atoms with Crippen LogP contribution in [0, 0.1) is 0 Å². The number of carbonyl (C=O) groups excluding carboxylic acids is 1. The van der Waals surface area contributed by atoms with E-state index >= 15 is 0 Å². The number of nitrogens with two attached hydrogens (primary N) is 1. The van der Waals surface area contributed by atoms with Crippen LogP contribution in [0.1, 0.15) is 10.6 Å². The summed E-state index contributed by atoms with van der Waals surface area (Å²) in [6.07, 6.45) is 1.36. The van der Waals surface area contributed by atoms with Gasteiger partial charge in [-0.05, 0) is 54.6 Å². The van der Waals surface area contributed by atoms with E-state index in [0.717, 1.165) is 24.3 Å². The maximum absolute atomic E-state index is 12.5. The summed E-state index contributed by atoms with van der Waals surface area (Å²) in [4.78, 5) is 11.7. The number of hydrogen-bond donors (Lipinski definition) is 3. The van der Waals surface area contributed by atoms with Gasteiger partial charge in [0.05, 0.1) is 21.7 Å². The second-order valence-corrected chi connectivity index (χ2v) is 8.88. The normalized spacial score (nSPS) is 11.8. The Labute approximate surface area is 161 Å². The Morgan fingerprint density at radius 3 is 2.11 bits per heavy atom. The van der Waals surface area contributed by atoms with Gasteiger partial charge in [-0.25, -0.2) is 22.0 Å². The van der Waals surface area contributed by atoms with Crippen molar-refractivity contribution in [2.75, 3.05) is 10.0 Å². The van der Waals surface area contributed by atoms with Gasteiger partial charge in [-0.1, -0.05) is 6.07 Å². The molecule has 0 radical (unpaired) electrons. The van der Waals surface area contributed by atoms with Gasteiger partial charge in [0.25, 0.3) is 15.9 Å². The van der Waals surface area contributed by atoms with Crippen molar-refractivity contribution in [1.29, 1.82) is 0 Å². The van der Waals surface area contributed by atoms with E-state index in [2.05, 4.69) is 10.0 Å². The zero-order valence-corrected chi connectivity index (χ0v) is 15.8. The first kappa shape index (κ1) is 19.6. The van der Waals surface area contributed by atoms with Crippen LogP contribution >= 0.6 is 0 Å². The van der Waals surface area contributed by atoms with Gasteiger partial charge in [0.1, 0.15) is 0 Å². The van der Waals surface area contributed by atoms with Crippen LogP contribution in [0.2, 0.25) is 0 Å². The number of carbonyl (C=O) groups is 1. The molecule has 1 heterocycles. The second kappa shape index (κ2) is 7.46. The number of primary sulfonamides is 1. The van der Waals surface area contributed by atoms with Gasteiger partial charge in [-0.3, -0.25) is 9.52 Å². The van der Waals surface area contributed by atoms with E-state index in [0.29, 0.717) is 5.69 Å². The van der Waals surface area contributed by atoms with Gasteiger partial charge in [0.15, 0.2) is 5.76 Å². The third-order valence-corrected chi connectivity index (χ3v) is 5.91. The topological polar surface area (TPSA) is 149 Å². The number of sulfonamides is 2. The van der Waals surface area contributed by atoms with Crippen LogP contribution in [-0.2, 0) is 20.0 Å². The molecule has 9 nitrogen and oxygen atoms in total. The van der Waals surface area contributed by atoms with Crippen molar-refractivity contribution < 1.29 is 26.0 Å². The molecule has 3 rings (SSSR count). The van der Waals surface area contributed by atoms with Gasteiger partial charge in [-0.2, -0.15) is 0 Å². The molecule has 2 aromatic carbocycles. The number of furan rings is 1. The summed E-state index contributed by atoms with van der Waals surface area (Å²) in [5.74, 6) is -0.371. The summed E-state index contributed by atoms with van der Waals surface area (Å²) in [6.45, 7) is 0. The number of amides is 1. The highest BCUT2D eigenvalue weighted by Crippen LogP contribution is 2.21. The van der Waals surface area contributed by atoms with Crippen molar-refractivity contribution in [2.45, 2.75) is 9.79 Å². The predicted octanol–water partition coefficient (Wildman–Crippen LogP) is 1.98. The van der Waals surface area contributed by atoms with Crippen LogP contribution in [0.5, 0.6) is 0 Å². The Morgan fingerprint density at radius 1 is 0.857 bits per heavy atom. The fourth-order valence-corrected chi connectivity index (χ4v) is 3.85. The highest BCUT2D eigenvalue weighted by molar-refractivity contribution is 7.92. The molecular weight excluding hydrogens is 406 g/mol. The van der Waals surface area contributed by atoms with Crippen molar-refractivity contribution >= 4 is 37.3 Å². The Bertz CT molecular complexity index is 1200. The lowest BCUT2D eigenvalue weighted by Crippen LogP contribution is -2.15. The lowest BCUT2D eigenvalue weighted by Gasteiger charge is -2.10. The van der Waals surface area contributed by atoms with Gasteiger partial charge in [0.2, 0.25) is 10.0 Å². The van der Waals surface area contributed by atoms with Crippen molar-refractivity contribution in [2.24, 2.45) is 5.14 Å². The average molecular weight is 421 g/mol. The van der Waals surface area contributed by atoms with Crippen LogP contribution < -0.4 is 15.2 Å². The molecule has 0 spiro atoms. The average Bonchev–Trinajstić information content (AvgIpc) is 3.16. The molecule has 11 heteroatoms. The quantitative estimate of drug-likeness (QED) is 0.554. The van der Waals surface area contributed by atoms with E-state index in [9.17, 15) is 21.6 Å². The molecule has 28 heavy (non-hydrogen) atoms. The zero-order chi connectivity index (χ0) is 20.4. The molecular formula is C17H15N3O6S2. The van der Waals surface area contributed by atoms with Crippen molar-refractivity contribution in [1.82, 2.24) is 0 Å². The smallest absolute Gasteiger partial charge is 0.291 e. The minimum atomic E-state index is -3.98. The van der Waals surface area contributed by atoms with E-state index in [1.165, 1.54) is 24.5 Å². The van der Waals surface area contributed by atoms with Crippen molar-refractivity contribution in [3.63, 3.8) is 0 Å². The van der Waals surface area contributed by atoms with Gasteiger partial charge < -0.3 is 9.73 Å². The van der Waals surface area contributed by atoms with Gasteiger partial charge >= 0.3 is 0 Å². The highest BCUT2D eigenvalue weighted by Gasteiger charge is 2.17. The first-order valence-electron chi connectivity index (χ1n) is 7.76. The Balaban J connectivity index is 1.78. The summed E-state index contributed by atoms with van der Waals surface area (Å²) < 4.78 is 54.9. The van der Waals surface area contributed by atoms with Crippen LogP contribution in [0.25, 0.3) is 0 Å². The zero-order valence-electron chi connectivity index (χ0n) is 14.2. The molecule has 0 aliphatic carbocycles. The Kier molecular flexibility index (Phi) is 5.23. The fraction of sp³-hybridized carbons (Fsp3) is 0. The molecule has 0 unspecified atom stereocenters. The molecule has 4 N–H and O–H groups in total. The monoisotopic (exact) mass is 421 g/mol. The summed E-state index contributed by atoms with van der Waals surface area (Å²) in [5, 5.41) is 7.58. The van der Waals surface area contributed by atoms with Crippen molar-refractivity contribution in [3.05, 3.63) is 72.7 Å². The summed E-state index contributed by atoms with van der Waals surface area (Å²) in [6, 6.07) is 13.6. The number of nitrogens with one attached hydrogen (secondary N) is 2. The van der Waals surface area contributed by atoms with Crippen LogP contribution in [-0.4, -0.2) is 22.7 Å². The molecule has 3 aromatic rings. The number of benzene rings is 2. The molecule has 0 bridgehead atoms. The van der Waals surface area contributed by atoms with E-state index in [1.807, 2.05) is 0 Å². The molecule has 0 fully saturated rings. The predicted molar refractivity (Wildman–Crippen MR) is 102 cm³/mol. The Hall–Kier alpha value is -3.15. The molecule has 1 amide bonds. The van der Waals surface area contributed by atoms with E-state index in [1.54, 1.807) is 18.2 Å². The summed E-state index contributed by atoms with van der Waals surface area (Å²) in [5.41, 5.74) is 0.555. The number of rotatable bonds is 6. The minimum Gasteiger partial charge on any atom is -0.459 e. The first-order chi connectivity index (χ1) is 13.1. The van der Waals surface area contributed by atoms with E-state index in [-0.39, 0.29) is 21.2 Å². The second-order valence-electron chi connectivity index (χ2n) is 5.63. The van der Waals surface area contributed by atoms with Crippen LogP contribution in [0.3, 0.4) is 0 Å². The molecule has 0 aliphatic rings. The van der Waals surface area contributed by atoms with Crippen LogP contribution in [0.4, 0.5) is 11.4 Å². The maximum Gasteiger partial charge on any atom is 0.291 e. The largest absolute Gasteiger partial charge is 0.459 e. The summed E-state index contributed by atoms with van der Waals surface area (Å²) in [7, 11) is -7.90. The Morgan fingerprint density at radius 2 is 1.50 bits per heavy atom. The molecule has 0 saturated carbocycles. The van der Waals surface area contributed by atoms with E-state index in [4.69, 9.17) is 9.56 Å². The third-order valence-electron chi connectivity index (χ3n) is 3.58. The van der Waals surface area contributed by atoms with E-state index < -0.39 is 26.0 Å². The maximum atomic E-state index is 12.5. The van der Waals surface area contributed by atoms with Gasteiger partial charge in [0, 0.05) is 5.69 Å². The highest BCUT2D eigenvalue weighted by atomic mass is 32.2. The lowest BCUT2D eigenvalue weighted by molar-refractivity contribution is 0.0996. The molecule has 0 saturated heterocycles.